The van der Waals surface area contributed by atoms with Gasteiger partial charge >= 0.3 is 0 Å². The van der Waals surface area contributed by atoms with Crippen molar-refractivity contribution < 1.29 is 26.4 Å². The van der Waals surface area contributed by atoms with Crippen molar-refractivity contribution >= 4 is 66.2 Å². The van der Waals surface area contributed by atoms with Gasteiger partial charge in [0.2, 0.25) is 10.0 Å². The molecule has 0 radical (unpaired) electrons. The van der Waals surface area contributed by atoms with Gasteiger partial charge in [0.25, 0.3) is 15.9 Å². The molecule has 9 nitrogen and oxygen atoms in total. The Balaban J connectivity index is 1.50. The van der Waals surface area contributed by atoms with Crippen molar-refractivity contribution in [1.29, 1.82) is 0 Å². The lowest BCUT2D eigenvalue weighted by Crippen LogP contribution is -2.48. The molecule has 0 saturated heterocycles. The van der Waals surface area contributed by atoms with Crippen molar-refractivity contribution in [2.24, 2.45) is 0 Å². The van der Waals surface area contributed by atoms with Gasteiger partial charge in [0.05, 0.1) is 29.1 Å². The van der Waals surface area contributed by atoms with Crippen molar-refractivity contribution in [3.8, 4) is 5.75 Å². The number of aryl methyl sites for hydroxylation is 1. The molecule has 13 heteroatoms. The normalized spacial score (nSPS) is 15.6. The molecule has 3 aromatic carbocycles. The van der Waals surface area contributed by atoms with E-state index >= 15 is 0 Å². The van der Waals surface area contributed by atoms with Crippen LogP contribution in [0.5, 0.6) is 5.75 Å². The van der Waals surface area contributed by atoms with Crippen LogP contribution in [-0.2, 0) is 24.8 Å². The number of rotatable bonds is 6. The van der Waals surface area contributed by atoms with Crippen LogP contribution in [0.4, 0.5) is 17.1 Å². The molecule has 0 unspecified atom stereocenters. The molecule has 1 aliphatic heterocycles. The fraction of sp³-hybridized carbons (Fsp3) is 0.174. The predicted octanol–water partition coefficient (Wildman–Crippen LogP) is 4.27. The molecule has 3 aromatic rings. The maximum atomic E-state index is 12.9. The Hall–Kier alpha value is -2.99. The van der Waals surface area contributed by atoms with Gasteiger partial charge in [-0.2, -0.15) is 0 Å². The van der Waals surface area contributed by atoms with Gasteiger partial charge in [0.15, 0.2) is 6.10 Å². The third kappa shape index (κ3) is 5.70. The molecule has 0 aromatic heterocycles. The van der Waals surface area contributed by atoms with Gasteiger partial charge in [-0.1, -0.05) is 29.3 Å². The van der Waals surface area contributed by atoms with Gasteiger partial charge in [-0.25, -0.2) is 16.8 Å². The third-order valence-electron chi connectivity index (χ3n) is 5.36. The van der Waals surface area contributed by atoms with Crippen LogP contribution in [0.2, 0.25) is 10.0 Å². The number of nitrogens with zero attached hydrogens (tertiary/aromatic N) is 1. The summed E-state index contributed by atoms with van der Waals surface area (Å²) in [4.78, 5) is 12.9. The van der Waals surface area contributed by atoms with Crippen LogP contribution in [0.15, 0.2) is 65.6 Å². The molecule has 1 amide bonds. The number of carbonyl (C=O) groups excluding carboxylic acids is 1. The van der Waals surface area contributed by atoms with Crippen molar-refractivity contribution in [3.05, 3.63) is 76.3 Å². The lowest BCUT2D eigenvalue weighted by molar-refractivity contribution is -0.122. The van der Waals surface area contributed by atoms with Gasteiger partial charge in [0.1, 0.15) is 5.75 Å². The number of halogens is 2. The fourth-order valence-electron chi connectivity index (χ4n) is 3.52. The molecule has 36 heavy (non-hydrogen) atoms. The highest BCUT2D eigenvalue weighted by molar-refractivity contribution is 7.92. The zero-order valence-electron chi connectivity index (χ0n) is 19.0. The summed E-state index contributed by atoms with van der Waals surface area (Å²) in [7, 11) is -7.63. The molecule has 0 bridgehead atoms. The quantitative estimate of drug-likeness (QED) is 0.457. The zero-order chi connectivity index (χ0) is 26.3. The first-order chi connectivity index (χ1) is 16.8. The topological polar surface area (TPSA) is 122 Å². The van der Waals surface area contributed by atoms with E-state index < -0.39 is 32.1 Å². The molecule has 4 rings (SSSR count). The average Bonchev–Trinajstić information content (AvgIpc) is 2.80. The minimum atomic E-state index is -3.91. The Morgan fingerprint density at radius 3 is 2.28 bits per heavy atom. The molecule has 1 heterocycles. The van der Waals surface area contributed by atoms with Crippen LogP contribution < -0.4 is 19.1 Å². The van der Waals surface area contributed by atoms with E-state index in [1.807, 2.05) is 0 Å². The van der Waals surface area contributed by atoms with Crippen LogP contribution in [-0.4, -0.2) is 41.6 Å². The molecule has 0 aliphatic carbocycles. The number of nitrogens with one attached hydrogen (secondary N) is 2. The van der Waals surface area contributed by atoms with E-state index in [-0.39, 0.29) is 22.9 Å². The summed E-state index contributed by atoms with van der Waals surface area (Å²) in [6.45, 7) is 1.49. The molecule has 1 aliphatic rings. The summed E-state index contributed by atoms with van der Waals surface area (Å²) in [6.07, 6.45) is -0.125. The van der Waals surface area contributed by atoms with Crippen LogP contribution >= 0.6 is 23.2 Å². The summed E-state index contributed by atoms with van der Waals surface area (Å²) >= 11 is 12.0. The smallest absolute Gasteiger partial charge is 0.267 e. The number of hydrogen-bond donors (Lipinski definition) is 2. The second-order valence-electron chi connectivity index (χ2n) is 8.09. The number of anilines is 3. The maximum Gasteiger partial charge on any atom is 0.267 e. The second-order valence-corrected chi connectivity index (χ2v) is 12.6. The molecule has 190 valence electrons. The van der Waals surface area contributed by atoms with Gasteiger partial charge in [-0.3, -0.25) is 13.8 Å². The highest BCUT2D eigenvalue weighted by Crippen LogP contribution is 2.37. The Labute approximate surface area is 219 Å². The second kappa shape index (κ2) is 9.81. The molecular formula is C23H21Cl2N3O6S2. The first-order valence-electron chi connectivity index (χ1n) is 10.5. The molecule has 0 spiro atoms. The number of hydrogen-bond acceptors (Lipinski definition) is 6. The van der Waals surface area contributed by atoms with Gasteiger partial charge < -0.3 is 10.1 Å². The third-order valence-corrected chi connectivity index (χ3v) is 8.36. The molecule has 1 atom stereocenters. The lowest BCUT2D eigenvalue weighted by atomic mass is 10.2. The monoisotopic (exact) mass is 569 g/mol. The largest absolute Gasteiger partial charge is 0.476 e. The summed E-state index contributed by atoms with van der Waals surface area (Å²) in [5.41, 5.74) is 1.60. The average molecular weight is 570 g/mol. The highest BCUT2D eigenvalue weighted by atomic mass is 35.5. The Kier molecular flexibility index (Phi) is 7.11. The minimum absolute atomic E-state index is 0.0251. The van der Waals surface area contributed by atoms with E-state index in [1.165, 1.54) is 48.5 Å². The number of carbonyl (C=O) groups is 1. The minimum Gasteiger partial charge on any atom is -0.476 e. The van der Waals surface area contributed by atoms with Gasteiger partial charge in [0, 0.05) is 15.7 Å². The zero-order valence-corrected chi connectivity index (χ0v) is 22.2. The van der Waals surface area contributed by atoms with Crippen molar-refractivity contribution in [2.45, 2.75) is 17.9 Å². The standard InChI is InChI=1S/C23H21Cl2N3O6S2/c1-14-3-4-15(24)11-19(14)27-36(32,33)18-8-6-17(7-9-18)26-23(29)22-13-28(35(2,30)31)20-12-16(25)5-10-21(20)34-22/h3-12,22,27H,13H2,1-2H3,(H,26,29)/t22-/m0/s1. The Bertz CT molecular complexity index is 1540. The predicted molar refractivity (Wildman–Crippen MR) is 140 cm³/mol. The van der Waals surface area contributed by atoms with E-state index in [4.69, 9.17) is 27.9 Å². The first kappa shape index (κ1) is 26.1. The number of sulfonamides is 2. The molecular weight excluding hydrogens is 549 g/mol. The van der Waals surface area contributed by atoms with E-state index in [2.05, 4.69) is 10.0 Å². The molecule has 0 fully saturated rings. The number of amides is 1. The summed E-state index contributed by atoms with van der Waals surface area (Å²) in [6, 6.07) is 14.8. The summed E-state index contributed by atoms with van der Waals surface area (Å²) < 4.78 is 59.5. The van der Waals surface area contributed by atoms with E-state index in [9.17, 15) is 21.6 Å². The highest BCUT2D eigenvalue weighted by Gasteiger charge is 2.35. The van der Waals surface area contributed by atoms with Crippen molar-refractivity contribution in [2.75, 3.05) is 27.1 Å². The van der Waals surface area contributed by atoms with Crippen LogP contribution in [0.25, 0.3) is 0 Å². The van der Waals surface area contributed by atoms with E-state index in [0.717, 1.165) is 10.6 Å². The fourth-order valence-corrected chi connectivity index (χ4v) is 5.89. The van der Waals surface area contributed by atoms with E-state index in [0.29, 0.717) is 27.0 Å². The van der Waals surface area contributed by atoms with Crippen LogP contribution in [0.3, 0.4) is 0 Å². The first-order valence-corrected chi connectivity index (χ1v) is 14.6. The van der Waals surface area contributed by atoms with Crippen LogP contribution in [0, 0.1) is 6.92 Å². The Morgan fingerprint density at radius 1 is 0.972 bits per heavy atom. The summed E-state index contributed by atoms with van der Waals surface area (Å²) in [5, 5.41) is 3.34. The number of benzene rings is 3. The maximum absolute atomic E-state index is 12.9. The summed E-state index contributed by atoms with van der Waals surface area (Å²) in [5.74, 6) is -0.410. The Morgan fingerprint density at radius 2 is 1.61 bits per heavy atom. The molecule has 0 saturated carbocycles. The van der Waals surface area contributed by atoms with Crippen molar-refractivity contribution in [3.63, 3.8) is 0 Å². The van der Waals surface area contributed by atoms with Gasteiger partial charge in [-0.15, -0.1) is 0 Å². The van der Waals surface area contributed by atoms with E-state index in [1.54, 1.807) is 19.1 Å². The van der Waals surface area contributed by atoms with Gasteiger partial charge in [-0.05, 0) is 67.1 Å². The van der Waals surface area contributed by atoms with Crippen LogP contribution in [0.1, 0.15) is 5.56 Å². The lowest BCUT2D eigenvalue weighted by Gasteiger charge is -2.34. The van der Waals surface area contributed by atoms with Crippen molar-refractivity contribution in [1.82, 2.24) is 0 Å². The number of fused-ring (bicyclic) bond motifs is 1. The molecule has 2 N–H and O–H groups in total. The SMILES string of the molecule is Cc1ccc(Cl)cc1NS(=O)(=O)c1ccc(NC(=O)[C@@H]2CN(S(C)(=O)=O)c3cc(Cl)ccc3O2)cc1. The number of ether oxygens (including phenoxy) is 1.